The molecule has 0 radical (unpaired) electrons. The Morgan fingerprint density at radius 1 is 1.44 bits per heavy atom. The average Bonchev–Trinajstić information content (AvgIpc) is 2.57. The van der Waals surface area contributed by atoms with Gasteiger partial charge in [-0.3, -0.25) is 9.59 Å². The van der Waals surface area contributed by atoms with Crippen LogP contribution in [0.2, 0.25) is 10.0 Å². The van der Waals surface area contributed by atoms with Crippen LogP contribution in [0.15, 0.2) is 18.2 Å². The predicted molar refractivity (Wildman–Crippen MR) is 67.7 cm³/mol. The minimum atomic E-state index is -0.997. The van der Waals surface area contributed by atoms with E-state index in [1.807, 2.05) is 0 Å². The Balaban J connectivity index is 2.46. The molecule has 1 N–H and O–H groups in total. The maximum Gasteiger partial charge on any atom is 0.309 e. The third kappa shape index (κ3) is 2.18. The molecule has 1 heterocycles. The number of hydrogen-bond acceptors (Lipinski definition) is 2. The van der Waals surface area contributed by atoms with E-state index in [2.05, 4.69) is 0 Å². The zero-order valence-electron chi connectivity index (χ0n) is 9.56. The van der Waals surface area contributed by atoms with E-state index in [4.69, 9.17) is 23.2 Å². The van der Waals surface area contributed by atoms with Gasteiger partial charge in [0.2, 0.25) is 5.91 Å². The first-order chi connectivity index (χ1) is 8.41. The van der Waals surface area contributed by atoms with Crippen molar-refractivity contribution in [2.75, 3.05) is 7.05 Å². The first kappa shape index (κ1) is 13.2. The van der Waals surface area contributed by atoms with Gasteiger partial charge in [0.1, 0.15) is 0 Å². The van der Waals surface area contributed by atoms with E-state index in [0.29, 0.717) is 15.6 Å². The number of amides is 1. The van der Waals surface area contributed by atoms with Gasteiger partial charge >= 0.3 is 5.97 Å². The van der Waals surface area contributed by atoms with Crippen LogP contribution >= 0.6 is 23.2 Å². The summed E-state index contributed by atoms with van der Waals surface area (Å²) in [6.07, 6.45) is -0.00451. The lowest BCUT2D eigenvalue weighted by molar-refractivity contribution is -0.142. The molecule has 1 aromatic rings. The fraction of sp³-hybridized carbons (Fsp3) is 0.333. The van der Waals surface area contributed by atoms with Crippen molar-refractivity contribution in [3.8, 4) is 0 Å². The molecule has 0 spiro atoms. The van der Waals surface area contributed by atoms with Crippen LogP contribution in [0, 0.1) is 5.92 Å². The van der Waals surface area contributed by atoms with Crippen LogP contribution in [0.5, 0.6) is 0 Å². The number of likely N-dealkylation sites (tertiary alicyclic amines) is 1. The minimum absolute atomic E-state index is 0.00451. The highest BCUT2D eigenvalue weighted by Crippen LogP contribution is 2.40. The lowest BCUT2D eigenvalue weighted by Crippen LogP contribution is -2.27. The third-order valence-corrected chi connectivity index (χ3v) is 3.75. The van der Waals surface area contributed by atoms with Crippen molar-refractivity contribution in [2.24, 2.45) is 5.92 Å². The van der Waals surface area contributed by atoms with Crippen molar-refractivity contribution in [1.82, 2.24) is 4.90 Å². The molecule has 0 aliphatic carbocycles. The molecule has 0 unspecified atom stereocenters. The Labute approximate surface area is 114 Å². The van der Waals surface area contributed by atoms with E-state index in [9.17, 15) is 14.7 Å². The normalized spacial score (nSPS) is 23.5. The van der Waals surface area contributed by atoms with Gasteiger partial charge in [-0.25, -0.2) is 0 Å². The van der Waals surface area contributed by atoms with E-state index in [1.165, 1.54) is 4.90 Å². The second-order valence-electron chi connectivity index (χ2n) is 4.26. The van der Waals surface area contributed by atoms with Crippen LogP contribution in [-0.4, -0.2) is 28.9 Å². The zero-order valence-corrected chi connectivity index (χ0v) is 11.1. The highest BCUT2D eigenvalue weighted by molar-refractivity contribution is 6.35. The van der Waals surface area contributed by atoms with Gasteiger partial charge in [-0.2, -0.15) is 0 Å². The van der Waals surface area contributed by atoms with Crippen molar-refractivity contribution in [2.45, 2.75) is 12.5 Å². The molecule has 96 valence electrons. The molecule has 1 fully saturated rings. The Bertz CT molecular complexity index is 518. The summed E-state index contributed by atoms with van der Waals surface area (Å²) >= 11 is 11.9. The fourth-order valence-corrected chi connectivity index (χ4v) is 2.78. The van der Waals surface area contributed by atoms with Crippen LogP contribution < -0.4 is 0 Å². The molecule has 1 aromatic carbocycles. The number of carbonyl (C=O) groups is 2. The second-order valence-corrected chi connectivity index (χ2v) is 5.11. The number of carbonyl (C=O) groups excluding carboxylic acids is 1. The van der Waals surface area contributed by atoms with Gasteiger partial charge in [-0.05, 0) is 17.7 Å². The average molecular weight is 288 g/mol. The first-order valence-corrected chi connectivity index (χ1v) is 6.11. The van der Waals surface area contributed by atoms with Gasteiger partial charge < -0.3 is 10.0 Å². The summed E-state index contributed by atoms with van der Waals surface area (Å²) in [6, 6.07) is 4.31. The number of carboxylic acid groups (broad SMARTS) is 1. The number of carboxylic acids is 1. The Kier molecular flexibility index (Phi) is 3.50. The lowest BCUT2D eigenvalue weighted by atomic mass is 9.94. The number of aliphatic carboxylic acids is 1. The van der Waals surface area contributed by atoms with Gasteiger partial charge in [-0.1, -0.05) is 29.3 Å². The van der Waals surface area contributed by atoms with Crippen molar-refractivity contribution < 1.29 is 14.7 Å². The molecule has 1 aliphatic rings. The summed E-state index contributed by atoms with van der Waals surface area (Å²) in [5, 5.41) is 10.0. The summed E-state index contributed by atoms with van der Waals surface area (Å²) in [5.41, 5.74) is 0.613. The molecular formula is C12H11Cl2NO3. The standard InChI is InChI=1S/C12H11Cl2NO3/c1-15-10(16)5-8(12(17)18)11(15)7-3-2-6(13)4-9(7)14/h2-4,8,11H,5H2,1H3,(H,17,18)/t8-,11-/m0/s1. The Morgan fingerprint density at radius 2 is 2.11 bits per heavy atom. The highest BCUT2D eigenvalue weighted by Gasteiger charge is 2.43. The van der Waals surface area contributed by atoms with Crippen molar-refractivity contribution in [1.29, 1.82) is 0 Å². The van der Waals surface area contributed by atoms with Crippen LogP contribution in [0.4, 0.5) is 0 Å². The first-order valence-electron chi connectivity index (χ1n) is 5.35. The molecule has 6 heteroatoms. The monoisotopic (exact) mass is 287 g/mol. The Hall–Kier alpha value is -1.26. The molecule has 0 bridgehead atoms. The van der Waals surface area contributed by atoms with Gasteiger partial charge in [0, 0.05) is 23.5 Å². The smallest absolute Gasteiger partial charge is 0.309 e. The summed E-state index contributed by atoms with van der Waals surface area (Å²) in [6.45, 7) is 0. The van der Waals surface area contributed by atoms with E-state index in [1.54, 1.807) is 25.2 Å². The lowest BCUT2D eigenvalue weighted by Gasteiger charge is -2.24. The summed E-state index contributed by atoms with van der Waals surface area (Å²) in [7, 11) is 1.58. The Morgan fingerprint density at radius 3 is 2.67 bits per heavy atom. The van der Waals surface area contributed by atoms with Crippen molar-refractivity contribution in [3.63, 3.8) is 0 Å². The van der Waals surface area contributed by atoms with Gasteiger partial charge in [0.15, 0.2) is 0 Å². The van der Waals surface area contributed by atoms with Gasteiger partial charge in [-0.15, -0.1) is 0 Å². The van der Waals surface area contributed by atoms with Crippen LogP contribution in [0.25, 0.3) is 0 Å². The van der Waals surface area contributed by atoms with Gasteiger partial charge in [0.25, 0.3) is 0 Å². The summed E-state index contributed by atoms with van der Waals surface area (Å²) < 4.78 is 0. The second kappa shape index (κ2) is 4.78. The molecule has 1 aliphatic heterocycles. The number of rotatable bonds is 2. The topological polar surface area (TPSA) is 57.6 Å². The van der Waals surface area contributed by atoms with Crippen molar-refractivity contribution in [3.05, 3.63) is 33.8 Å². The molecule has 18 heavy (non-hydrogen) atoms. The SMILES string of the molecule is CN1C(=O)C[C@H](C(=O)O)[C@@H]1c1ccc(Cl)cc1Cl. The minimum Gasteiger partial charge on any atom is -0.481 e. The zero-order chi connectivity index (χ0) is 13.4. The summed E-state index contributed by atoms with van der Waals surface area (Å²) in [4.78, 5) is 24.3. The molecule has 1 saturated heterocycles. The number of benzene rings is 1. The van der Waals surface area contributed by atoms with Crippen LogP contribution in [0.3, 0.4) is 0 Å². The quantitative estimate of drug-likeness (QED) is 0.910. The number of nitrogens with zero attached hydrogens (tertiary/aromatic N) is 1. The number of halogens is 2. The maximum atomic E-state index is 11.6. The summed E-state index contributed by atoms with van der Waals surface area (Å²) in [5.74, 6) is -1.97. The molecule has 4 nitrogen and oxygen atoms in total. The molecule has 2 rings (SSSR count). The number of hydrogen-bond donors (Lipinski definition) is 1. The fourth-order valence-electron chi connectivity index (χ4n) is 2.26. The molecule has 2 atom stereocenters. The van der Waals surface area contributed by atoms with Crippen LogP contribution in [0.1, 0.15) is 18.0 Å². The van der Waals surface area contributed by atoms with E-state index in [0.717, 1.165) is 0 Å². The molecular weight excluding hydrogens is 277 g/mol. The molecule has 0 saturated carbocycles. The van der Waals surface area contributed by atoms with E-state index in [-0.39, 0.29) is 12.3 Å². The molecule has 0 aromatic heterocycles. The van der Waals surface area contributed by atoms with E-state index >= 15 is 0 Å². The largest absolute Gasteiger partial charge is 0.481 e. The molecule has 1 amide bonds. The maximum absolute atomic E-state index is 11.6. The highest BCUT2D eigenvalue weighted by atomic mass is 35.5. The third-order valence-electron chi connectivity index (χ3n) is 3.18. The van der Waals surface area contributed by atoms with Crippen LogP contribution in [-0.2, 0) is 9.59 Å². The van der Waals surface area contributed by atoms with Gasteiger partial charge in [0.05, 0.1) is 12.0 Å². The van der Waals surface area contributed by atoms with Crippen molar-refractivity contribution >= 4 is 35.1 Å². The van der Waals surface area contributed by atoms with E-state index < -0.39 is 17.9 Å². The predicted octanol–water partition coefficient (Wildman–Crippen LogP) is 2.60.